The van der Waals surface area contributed by atoms with Crippen molar-refractivity contribution >= 4 is 29.4 Å². The predicted octanol–water partition coefficient (Wildman–Crippen LogP) is 4.75. The van der Waals surface area contributed by atoms with Crippen molar-refractivity contribution in [2.75, 3.05) is 0 Å². The summed E-state index contributed by atoms with van der Waals surface area (Å²) in [4.78, 5) is 14.4. The fraction of sp³-hybridized carbons (Fsp3) is 0.316. The lowest BCUT2D eigenvalue weighted by Crippen LogP contribution is -2.61. The van der Waals surface area contributed by atoms with Gasteiger partial charge in [-0.3, -0.25) is 4.79 Å². The first-order valence-electron chi connectivity index (χ1n) is 8.42. The summed E-state index contributed by atoms with van der Waals surface area (Å²) in [6.45, 7) is 0. The first-order chi connectivity index (χ1) is 12.8. The van der Waals surface area contributed by atoms with Gasteiger partial charge in [-0.05, 0) is 23.1 Å². The minimum atomic E-state index is -0.572. The molecule has 3 rings (SSSR count). The molecule has 0 spiro atoms. The van der Waals surface area contributed by atoms with Crippen LogP contribution in [0, 0.1) is 0 Å². The molecule has 2 unspecified atom stereocenters. The molecule has 0 aromatic heterocycles. The van der Waals surface area contributed by atoms with E-state index >= 15 is 0 Å². The highest BCUT2D eigenvalue weighted by atomic mass is 32.2. The summed E-state index contributed by atoms with van der Waals surface area (Å²) in [5.41, 5.74) is 11.2. The first kappa shape index (κ1) is 18.7. The SMILES string of the molecule is [N-]=[N+]=NC1C(=O)NC1CC(SCc1ccccc1)SCc1ccccc1. The Morgan fingerprint density at radius 1 is 1.00 bits per heavy atom. The second kappa shape index (κ2) is 9.57. The van der Waals surface area contributed by atoms with E-state index in [-0.39, 0.29) is 11.9 Å². The molecule has 5 nitrogen and oxygen atoms in total. The first-order valence-corrected chi connectivity index (χ1v) is 10.5. The fourth-order valence-electron chi connectivity index (χ4n) is 2.73. The van der Waals surface area contributed by atoms with Crippen LogP contribution < -0.4 is 5.32 Å². The Labute approximate surface area is 161 Å². The zero-order valence-corrected chi connectivity index (χ0v) is 15.8. The Morgan fingerprint density at radius 3 is 2.00 bits per heavy atom. The third kappa shape index (κ3) is 5.21. The summed E-state index contributed by atoms with van der Waals surface area (Å²) in [7, 11) is 0. The molecule has 2 aromatic carbocycles. The Bertz CT molecular complexity index is 720. The highest BCUT2D eigenvalue weighted by Crippen LogP contribution is 2.35. The average Bonchev–Trinajstić information content (AvgIpc) is 2.69. The summed E-state index contributed by atoms with van der Waals surface area (Å²) in [6.07, 6.45) is 0.782. The number of nitrogens with one attached hydrogen (secondary N) is 1. The number of benzene rings is 2. The van der Waals surface area contributed by atoms with Gasteiger partial charge < -0.3 is 5.32 Å². The molecule has 1 heterocycles. The van der Waals surface area contributed by atoms with Crippen LogP contribution in [0.5, 0.6) is 0 Å². The molecule has 1 aliphatic heterocycles. The van der Waals surface area contributed by atoms with Crippen molar-refractivity contribution in [1.29, 1.82) is 0 Å². The Hall–Kier alpha value is -2.08. The van der Waals surface area contributed by atoms with Gasteiger partial charge in [0.1, 0.15) is 6.04 Å². The normalized spacial score (nSPS) is 18.7. The lowest BCUT2D eigenvalue weighted by atomic mass is 9.97. The second-order valence-corrected chi connectivity index (χ2v) is 8.70. The third-order valence-corrected chi connectivity index (χ3v) is 7.10. The molecule has 1 aliphatic rings. The molecule has 1 N–H and O–H groups in total. The van der Waals surface area contributed by atoms with E-state index in [1.54, 1.807) is 0 Å². The van der Waals surface area contributed by atoms with Gasteiger partial charge in [-0.2, -0.15) is 0 Å². The van der Waals surface area contributed by atoms with E-state index in [4.69, 9.17) is 5.53 Å². The quantitative estimate of drug-likeness (QED) is 0.223. The number of carbonyl (C=O) groups is 1. The van der Waals surface area contributed by atoms with E-state index in [0.717, 1.165) is 17.9 Å². The number of rotatable bonds is 9. The Kier molecular flexibility index (Phi) is 6.89. The van der Waals surface area contributed by atoms with Crippen molar-refractivity contribution < 1.29 is 4.79 Å². The van der Waals surface area contributed by atoms with Gasteiger partial charge in [0.2, 0.25) is 5.91 Å². The summed E-state index contributed by atoms with van der Waals surface area (Å²) >= 11 is 3.74. The highest BCUT2D eigenvalue weighted by molar-refractivity contribution is 8.16. The van der Waals surface area contributed by atoms with Gasteiger partial charge in [-0.1, -0.05) is 65.8 Å². The van der Waals surface area contributed by atoms with E-state index in [0.29, 0.717) is 4.58 Å². The molecule has 0 bridgehead atoms. The van der Waals surface area contributed by atoms with Gasteiger partial charge in [0, 0.05) is 22.5 Å². The van der Waals surface area contributed by atoms with E-state index in [1.165, 1.54) is 11.1 Å². The van der Waals surface area contributed by atoms with Crippen LogP contribution in [-0.2, 0) is 16.3 Å². The number of β-lactam (4-membered cyclic amide) rings is 1. The summed E-state index contributed by atoms with van der Waals surface area (Å²) in [6, 6.07) is 20.1. The zero-order valence-electron chi connectivity index (χ0n) is 14.2. The van der Waals surface area contributed by atoms with Crippen LogP contribution in [0.4, 0.5) is 0 Å². The number of carbonyl (C=O) groups excluding carboxylic acids is 1. The molecule has 134 valence electrons. The molecule has 1 amide bonds. The lowest BCUT2D eigenvalue weighted by molar-refractivity contribution is -0.130. The summed E-state index contributed by atoms with van der Waals surface area (Å²) in [5.74, 6) is 1.66. The van der Waals surface area contributed by atoms with Crippen LogP contribution in [0.15, 0.2) is 65.8 Å². The van der Waals surface area contributed by atoms with Gasteiger partial charge in [0.05, 0.1) is 4.58 Å². The number of nitrogens with zero attached hydrogens (tertiary/aromatic N) is 3. The van der Waals surface area contributed by atoms with Crippen LogP contribution >= 0.6 is 23.5 Å². The minimum Gasteiger partial charge on any atom is -0.352 e. The highest BCUT2D eigenvalue weighted by Gasteiger charge is 2.39. The number of thioether (sulfide) groups is 2. The monoisotopic (exact) mass is 384 g/mol. The van der Waals surface area contributed by atoms with E-state index in [9.17, 15) is 4.79 Å². The van der Waals surface area contributed by atoms with Crippen molar-refractivity contribution in [3.05, 3.63) is 82.2 Å². The average molecular weight is 385 g/mol. The zero-order chi connectivity index (χ0) is 18.2. The van der Waals surface area contributed by atoms with E-state index < -0.39 is 6.04 Å². The van der Waals surface area contributed by atoms with Gasteiger partial charge >= 0.3 is 0 Å². The van der Waals surface area contributed by atoms with Crippen LogP contribution in [0.2, 0.25) is 0 Å². The molecule has 7 heteroatoms. The molecule has 2 aromatic rings. The maximum absolute atomic E-state index is 11.6. The van der Waals surface area contributed by atoms with Crippen LogP contribution in [0.1, 0.15) is 17.5 Å². The van der Waals surface area contributed by atoms with Crippen molar-refractivity contribution in [3.63, 3.8) is 0 Å². The van der Waals surface area contributed by atoms with Crippen molar-refractivity contribution in [2.24, 2.45) is 5.11 Å². The Morgan fingerprint density at radius 2 is 1.54 bits per heavy atom. The number of hydrogen-bond donors (Lipinski definition) is 1. The van der Waals surface area contributed by atoms with Gasteiger partial charge in [0.15, 0.2) is 0 Å². The van der Waals surface area contributed by atoms with Gasteiger partial charge in [-0.15, -0.1) is 23.5 Å². The Balaban J connectivity index is 1.60. The van der Waals surface area contributed by atoms with E-state index in [1.807, 2.05) is 59.9 Å². The lowest BCUT2D eigenvalue weighted by Gasteiger charge is -2.35. The maximum Gasteiger partial charge on any atom is 0.231 e. The molecular formula is C19H20N4OS2. The standard InChI is InChI=1S/C19H20N4OS2/c20-23-22-18-16(21-19(18)24)11-17(25-12-14-7-3-1-4-8-14)26-13-15-9-5-2-6-10-15/h1-10,16-18H,11-13H2,(H,21,24). The molecule has 0 saturated carbocycles. The summed E-state index contributed by atoms with van der Waals surface area (Å²) in [5, 5.41) is 6.51. The molecule has 1 saturated heterocycles. The smallest absolute Gasteiger partial charge is 0.231 e. The second-order valence-electron chi connectivity index (χ2n) is 6.02. The molecule has 1 fully saturated rings. The number of azide groups is 1. The van der Waals surface area contributed by atoms with Gasteiger partial charge in [0.25, 0.3) is 0 Å². The summed E-state index contributed by atoms with van der Waals surface area (Å²) < 4.78 is 0.303. The van der Waals surface area contributed by atoms with E-state index in [2.05, 4.69) is 39.6 Å². The van der Waals surface area contributed by atoms with Crippen LogP contribution in [0.25, 0.3) is 10.4 Å². The number of amides is 1. The third-order valence-electron chi connectivity index (χ3n) is 4.16. The van der Waals surface area contributed by atoms with Crippen LogP contribution in [0.3, 0.4) is 0 Å². The topological polar surface area (TPSA) is 77.9 Å². The maximum atomic E-state index is 11.6. The number of hydrogen-bond acceptors (Lipinski definition) is 4. The van der Waals surface area contributed by atoms with Gasteiger partial charge in [-0.25, -0.2) is 0 Å². The predicted molar refractivity (Wildman–Crippen MR) is 109 cm³/mol. The van der Waals surface area contributed by atoms with Crippen molar-refractivity contribution in [2.45, 2.75) is 34.6 Å². The molecular weight excluding hydrogens is 364 g/mol. The minimum absolute atomic E-state index is 0.0741. The molecule has 0 aliphatic carbocycles. The largest absolute Gasteiger partial charge is 0.352 e. The fourth-order valence-corrected chi connectivity index (χ4v) is 5.35. The molecule has 26 heavy (non-hydrogen) atoms. The van der Waals surface area contributed by atoms with Crippen molar-refractivity contribution in [1.82, 2.24) is 5.32 Å². The van der Waals surface area contributed by atoms with Crippen molar-refractivity contribution in [3.8, 4) is 0 Å². The molecule has 2 atom stereocenters. The molecule has 0 radical (unpaired) electrons. The van der Waals surface area contributed by atoms with Crippen LogP contribution in [-0.4, -0.2) is 22.6 Å².